The molecule has 1 aliphatic rings. The fourth-order valence-electron chi connectivity index (χ4n) is 2.94. The second-order valence-electron chi connectivity index (χ2n) is 5.78. The van der Waals surface area contributed by atoms with Crippen LogP contribution in [0.1, 0.15) is 12.0 Å². The van der Waals surface area contributed by atoms with Crippen molar-refractivity contribution < 1.29 is 19.2 Å². The molecule has 1 aliphatic heterocycles. The van der Waals surface area contributed by atoms with Gasteiger partial charge in [-0.25, -0.2) is 0 Å². The van der Waals surface area contributed by atoms with Crippen molar-refractivity contribution >= 4 is 28.9 Å². The minimum absolute atomic E-state index is 0.111. The van der Waals surface area contributed by atoms with Gasteiger partial charge in [0.25, 0.3) is 5.69 Å². The molecular formula is C18H17N3O5. The first-order valence-electron chi connectivity index (χ1n) is 8.04. The molecule has 2 aromatic carbocycles. The molecule has 0 saturated heterocycles. The first kappa shape index (κ1) is 17.4. The van der Waals surface area contributed by atoms with Crippen molar-refractivity contribution in [1.29, 1.82) is 0 Å². The van der Waals surface area contributed by atoms with Crippen LogP contribution in [0.15, 0.2) is 42.5 Å². The lowest BCUT2D eigenvalue weighted by atomic mass is 10.0. The van der Waals surface area contributed by atoms with Gasteiger partial charge in [-0.3, -0.25) is 19.7 Å². The van der Waals surface area contributed by atoms with E-state index in [0.29, 0.717) is 6.54 Å². The molecular weight excluding hydrogens is 338 g/mol. The number of carbonyl (C=O) groups is 2. The minimum Gasteiger partial charge on any atom is -0.494 e. The SMILES string of the molecule is COc1cc([N+](=O)[O-])ccc1NC(=O)C(=O)N1CCCc2ccccc21. The Morgan fingerprint density at radius 1 is 1.23 bits per heavy atom. The van der Waals surface area contributed by atoms with E-state index in [1.807, 2.05) is 24.3 Å². The fraction of sp³-hybridized carbons (Fsp3) is 0.222. The molecule has 3 rings (SSSR count). The highest BCUT2D eigenvalue weighted by Crippen LogP contribution is 2.30. The number of non-ortho nitro benzene ring substituents is 1. The Morgan fingerprint density at radius 3 is 2.73 bits per heavy atom. The summed E-state index contributed by atoms with van der Waals surface area (Å²) in [5.41, 5.74) is 1.78. The number of methoxy groups -OCH3 is 1. The molecule has 0 fully saturated rings. The number of fused-ring (bicyclic) bond motifs is 1. The van der Waals surface area contributed by atoms with E-state index in [-0.39, 0.29) is 17.1 Å². The summed E-state index contributed by atoms with van der Waals surface area (Å²) in [6.45, 7) is 0.459. The lowest BCUT2D eigenvalue weighted by Crippen LogP contribution is -2.42. The predicted octanol–water partition coefficient (Wildman–Crippen LogP) is 2.52. The average Bonchev–Trinajstić information content (AvgIpc) is 2.67. The zero-order valence-corrected chi connectivity index (χ0v) is 14.1. The van der Waals surface area contributed by atoms with Crippen molar-refractivity contribution in [2.45, 2.75) is 12.8 Å². The van der Waals surface area contributed by atoms with E-state index in [4.69, 9.17) is 4.74 Å². The Kier molecular flexibility index (Phi) is 4.83. The molecule has 0 saturated carbocycles. The molecule has 0 unspecified atom stereocenters. The van der Waals surface area contributed by atoms with Crippen LogP contribution in [-0.4, -0.2) is 30.4 Å². The standard InChI is InChI=1S/C18H17N3O5/c1-26-16-11-13(21(24)25)8-9-14(16)19-17(22)18(23)20-10-4-6-12-5-2-3-7-15(12)20/h2-3,5,7-9,11H,4,6,10H2,1H3,(H,19,22). The van der Waals surface area contributed by atoms with Crippen LogP contribution in [0.3, 0.4) is 0 Å². The zero-order valence-electron chi connectivity index (χ0n) is 14.1. The van der Waals surface area contributed by atoms with Crippen molar-refractivity contribution in [2.24, 2.45) is 0 Å². The van der Waals surface area contributed by atoms with Crippen molar-refractivity contribution in [3.05, 3.63) is 58.1 Å². The maximum atomic E-state index is 12.6. The number of benzene rings is 2. The second-order valence-corrected chi connectivity index (χ2v) is 5.78. The normalized spacial score (nSPS) is 12.9. The second kappa shape index (κ2) is 7.22. The van der Waals surface area contributed by atoms with Crippen LogP contribution in [0.25, 0.3) is 0 Å². The summed E-state index contributed by atoms with van der Waals surface area (Å²) in [6, 6.07) is 11.2. The summed E-state index contributed by atoms with van der Waals surface area (Å²) in [7, 11) is 1.33. The summed E-state index contributed by atoms with van der Waals surface area (Å²) in [6.07, 6.45) is 1.63. The molecule has 8 heteroatoms. The summed E-state index contributed by atoms with van der Waals surface area (Å²) in [4.78, 5) is 36.7. The van der Waals surface area contributed by atoms with E-state index in [9.17, 15) is 19.7 Å². The van der Waals surface area contributed by atoms with E-state index in [1.54, 1.807) is 0 Å². The highest BCUT2D eigenvalue weighted by Gasteiger charge is 2.28. The first-order chi connectivity index (χ1) is 12.5. The number of nitro benzene ring substituents is 1. The van der Waals surface area contributed by atoms with Crippen molar-refractivity contribution in [1.82, 2.24) is 0 Å². The number of aryl methyl sites for hydroxylation is 1. The number of nitrogens with zero attached hydrogens (tertiary/aromatic N) is 2. The smallest absolute Gasteiger partial charge is 0.316 e. The lowest BCUT2D eigenvalue weighted by molar-refractivity contribution is -0.384. The van der Waals surface area contributed by atoms with Crippen molar-refractivity contribution in [2.75, 3.05) is 23.9 Å². The van der Waals surface area contributed by atoms with Gasteiger partial charge in [0.05, 0.1) is 23.8 Å². The molecule has 134 valence electrons. The van der Waals surface area contributed by atoms with E-state index in [2.05, 4.69) is 5.32 Å². The maximum Gasteiger partial charge on any atom is 0.316 e. The number of anilines is 2. The molecule has 26 heavy (non-hydrogen) atoms. The number of nitrogens with one attached hydrogen (secondary N) is 1. The van der Waals surface area contributed by atoms with E-state index in [0.717, 1.165) is 24.1 Å². The molecule has 2 aromatic rings. The Balaban J connectivity index is 1.81. The lowest BCUT2D eigenvalue weighted by Gasteiger charge is -2.28. The third-order valence-electron chi connectivity index (χ3n) is 4.19. The Hall–Kier alpha value is -3.42. The minimum atomic E-state index is -0.825. The topological polar surface area (TPSA) is 102 Å². The van der Waals surface area contributed by atoms with Crippen LogP contribution >= 0.6 is 0 Å². The number of hydrogen-bond donors (Lipinski definition) is 1. The van der Waals surface area contributed by atoms with Crippen LogP contribution in [0.2, 0.25) is 0 Å². The molecule has 1 heterocycles. The van der Waals surface area contributed by atoms with Gasteiger partial charge in [0.1, 0.15) is 5.75 Å². The van der Waals surface area contributed by atoms with Crippen molar-refractivity contribution in [3.63, 3.8) is 0 Å². The number of nitro groups is 1. The number of hydrogen-bond acceptors (Lipinski definition) is 5. The molecule has 0 radical (unpaired) electrons. The van der Waals surface area contributed by atoms with Gasteiger partial charge < -0.3 is 15.0 Å². The van der Waals surface area contributed by atoms with E-state index >= 15 is 0 Å². The zero-order chi connectivity index (χ0) is 18.7. The Morgan fingerprint density at radius 2 is 2.00 bits per heavy atom. The monoisotopic (exact) mass is 355 g/mol. The van der Waals surface area contributed by atoms with Gasteiger partial charge in [0.2, 0.25) is 0 Å². The van der Waals surface area contributed by atoms with Gasteiger partial charge in [0.15, 0.2) is 0 Å². The third-order valence-corrected chi connectivity index (χ3v) is 4.19. The largest absolute Gasteiger partial charge is 0.494 e. The van der Waals surface area contributed by atoms with Gasteiger partial charge >= 0.3 is 11.8 Å². The van der Waals surface area contributed by atoms with E-state index < -0.39 is 16.7 Å². The maximum absolute atomic E-state index is 12.6. The van der Waals surface area contributed by atoms with Crippen LogP contribution in [0.4, 0.5) is 17.1 Å². The molecule has 0 atom stereocenters. The summed E-state index contributed by atoms with van der Waals surface area (Å²) < 4.78 is 5.07. The number of para-hydroxylation sites is 1. The molecule has 1 N–H and O–H groups in total. The van der Waals surface area contributed by atoms with Gasteiger partial charge in [-0.1, -0.05) is 18.2 Å². The first-order valence-corrected chi connectivity index (χ1v) is 8.04. The van der Waals surface area contributed by atoms with E-state index in [1.165, 1.54) is 30.2 Å². The van der Waals surface area contributed by atoms with Crippen LogP contribution in [-0.2, 0) is 16.0 Å². The molecule has 8 nitrogen and oxygen atoms in total. The number of ether oxygens (including phenoxy) is 1. The number of rotatable bonds is 3. The Bertz CT molecular complexity index is 881. The van der Waals surface area contributed by atoms with Gasteiger partial charge in [0, 0.05) is 18.3 Å². The highest BCUT2D eigenvalue weighted by molar-refractivity contribution is 6.44. The van der Waals surface area contributed by atoms with Crippen LogP contribution < -0.4 is 15.0 Å². The molecule has 0 aromatic heterocycles. The number of amides is 2. The van der Waals surface area contributed by atoms with Gasteiger partial charge in [-0.15, -0.1) is 0 Å². The quantitative estimate of drug-likeness (QED) is 0.518. The van der Waals surface area contributed by atoms with Gasteiger partial charge in [-0.2, -0.15) is 0 Å². The Labute approximate surface area is 149 Å². The third kappa shape index (κ3) is 3.34. The molecule has 0 aliphatic carbocycles. The summed E-state index contributed by atoms with van der Waals surface area (Å²) >= 11 is 0. The van der Waals surface area contributed by atoms with Gasteiger partial charge in [-0.05, 0) is 30.5 Å². The fourth-order valence-corrected chi connectivity index (χ4v) is 2.94. The summed E-state index contributed by atoms with van der Waals surface area (Å²) in [5, 5.41) is 13.3. The van der Waals surface area contributed by atoms with Crippen LogP contribution in [0, 0.1) is 10.1 Å². The number of carbonyl (C=O) groups excluding carboxylic acids is 2. The molecule has 0 spiro atoms. The van der Waals surface area contributed by atoms with Crippen LogP contribution in [0.5, 0.6) is 5.75 Å². The average molecular weight is 355 g/mol. The summed E-state index contributed by atoms with van der Waals surface area (Å²) in [5.74, 6) is -1.40. The highest BCUT2D eigenvalue weighted by atomic mass is 16.6. The predicted molar refractivity (Wildman–Crippen MR) is 95.4 cm³/mol. The van der Waals surface area contributed by atoms with Crippen molar-refractivity contribution in [3.8, 4) is 5.75 Å². The molecule has 0 bridgehead atoms. The molecule has 2 amide bonds.